The van der Waals surface area contributed by atoms with Gasteiger partial charge in [0, 0.05) is 0 Å². The second-order valence-electron chi connectivity index (χ2n) is 0.500. The molecule has 0 fully saturated rings. The van der Waals surface area contributed by atoms with E-state index in [1.807, 2.05) is 0 Å². The van der Waals surface area contributed by atoms with Crippen molar-refractivity contribution in [3.8, 4) is 0 Å². The molecule has 0 aliphatic heterocycles. The number of carbonyl (C=O) groups is 2. The van der Waals surface area contributed by atoms with Crippen molar-refractivity contribution in [2.75, 3.05) is 0 Å². The van der Waals surface area contributed by atoms with Crippen LogP contribution in [0.3, 0.4) is 0 Å². The summed E-state index contributed by atoms with van der Waals surface area (Å²) in [5, 5.41) is 33.3. The van der Waals surface area contributed by atoms with Crippen LogP contribution in [0.25, 0.3) is 0 Å². The van der Waals surface area contributed by atoms with E-state index in [0.717, 1.165) is 0 Å². The zero-order valence-electron chi connectivity index (χ0n) is 5.36. The summed E-state index contributed by atoms with van der Waals surface area (Å²) in [5.74, 6) is 0. The monoisotopic (exact) mass is 414 g/mol. The third-order valence-corrected chi connectivity index (χ3v) is 0. The molecule has 0 bridgehead atoms. The smallest absolute Gasteiger partial charge is 0.652 e. The number of hydrogen-bond acceptors (Lipinski definition) is 6. The van der Waals surface area contributed by atoms with Crippen LogP contribution in [-0.2, 0) is 0 Å². The Labute approximate surface area is 142 Å². The Bertz CT molecular complexity index is 72.4. The van der Waals surface area contributed by atoms with Crippen molar-refractivity contribution in [2.24, 2.45) is 0 Å². The third-order valence-electron chi connectivity index (χ3n) is 0. The molecule has 0 aromatic carbocycles. The normalized spacial score (nSPS) is 4.36. The van der Waals surface area contributed by atoms with Gasteiger partial charge in [0.25, 0.3) is 0 Å². The molecule has 0 aromatic heterocycles. The van der Waals surface area contributed by atoms with E-state index in [-0.39, 0.29) is 103 Å². The van der Waals surface area contributed by atoms with Crippen molar-refractivity contribution < 1.29 is 35.5 Å². The standard InChI is InChI=1S/2CH2O3.2Ba.H2O/c2*2-1(3)4;;;/h2*(H2,2,3,4);;;1H2/q;;2*+2;/p-4. The average molecular weight is 413 g/mol. The molecule has 2 N–H and O–H groups in total. The summed E-state index contributed by atoms with van der Waals surface area (Å²) in [6.07, 6.45) is -4.67. The van der Waals surface area contributed by atoms with Gasteiger partial charge in [-0.1, -0.05) is 0 Å². The molecule has 0 saturated heterocycles. The minimum Gasteiger partial charge on any atom is -0.652 e. The Morgan fingerprint density at radius 3 is 0.727 bits per heavy atom. The summed E-state index contributed by atoms with van der Waals surface area (Å²) < 4.78 is 0. The van der Waals surface area contributed by atoms with Crippen LogP contribution in [0.15, 0.2) is 0 Å². The molecule has 7 nitrogen and oxygen atoms in total. The van der Waals surface area contributed by atoms with Crippen LogP contribution in [0.4, 0.5) is 9.59 Å². The van der Waals surface area contributed by atoms with E-state index in [2.05, 4.69) is 0 Å². The topological polar surface area (TPSA) is 158 Å². The van der Waals surface area contributed by atoms with Crippen molar-refractivity contribution in [3.05, 3.63) is 0 Å². The predicted molar refractivity (Wildman–Crippen MR) is 25.9 cm³/mol. The van der Waals surface area contributed by atoms with Crippen LogP contribution in [-0.4, -0.2) is 116 Å². The van der Waals surface area contributed by atoms with Crippen LogP contribution in [0.2, 0.25) is 0 Å². The first-order chi connectivity index (χ1) is 3.46. The minimum absolute atomic E-state index is 0. The molecule has 0 rings (SSSR count). The zero-order valence-corrected chi connectivity index (χ0v) is 14.2. The number of hydrogen-bond donors (Lipinski definition) is 0. The minimum atomic E-state index is -2.33. The maximum absolute atomic E-state index is 8.33. The second-order valence-corrected chi connectivity index (χ2v) is 0.500. The van der Waals surface area contributed by atoms with E-state index >= 15 is 0 Å². The molecule has 0 radical (unpaired) electrons. The first-order valence-corrected chi connectivity index (χ1v) is 1.22. The Kier molecular flexibility index (Phi) is 60.2. The summed E-state index contributed by atoms with van der Waals surface area (Å²) in [6, 6.07) is 0. The van der Waals surface area contributed by atoms with Crippen molar-refractivity contribution >= 4 is 110 Å². The first kappa shape index (κ1) is 29.3. The van der Waals surface area contributed by atoms with Gasteiger partial charge in [-0.3, -0.25) is 0 Å². The van der Waals surface area contributed by atoms with E-state index in [4.69, 9.17) is 30.0 Å². The van der Waals surface area contributed by atoms with E-state index < -0.39 is 12.3 Å². The third kappa shape index (κ3) is 401. The summed E-state index contributed by atoms with van der Waals surface area (Å²) in [4.78, 5) is 16.7. The summed E-state index contributed by atoms with van der Waals surface area (Å²) in [6.45, 7) is 0. The molecule has 0 unspecified atom stereocenters. The number of carboxylic acid groups (broad SMARTS) is 4. The molecule has 0 spiro atoms. The van der Waals surface area contributed by atoms with Gasteiger partial charge in [-0.2, -0.15) is 0 Å². The van der Waals surface area contributed by atoms with Gasteiger partial charge in [0.2, 0.25) is 0 Å². The van der Waals surface area contributed by atoms with Crippen LogP contribution in [0.5, 0.6) is 0 Å². The summed E-state index contributed by atoms with van der Waals surface area (Å²) in [7, 11) is 0. The molecule has 0 aromatic rings. The molecule has 0 amide bonds. The van der Waals surface area contributed by atoms with Crippen molar-refractivity contribution in [1.82, 2.24) is 0 Å². The molecule has 0 saturated carbocycles. The van der Waals surface area contributed by atoms with Gasteiger partial charge in [-0.25, -0.2) is 0 Å². The molecule has 9 heteroatoms. The molecule has 0 atom stereocenters. The van der Waals surface area contributed by atoms with Crippen molar-refractivity contribution in [1.29, 1.82) is 0 Å². The first-order valence-electron chi connectivity index (χ1n) is 1.22. The Balaban J connectivity index is -0.0000000171. The number of carbonyl (C=O) groups excluding carboxylic acids is 2. The summed E-state index contributed by atoms with van der Waals surface area (Å²) >= 11 is 0. The maximum Gasteiger partial charge on any atom is 2.00 e. The van der Waals surface area contributed by atoms with Gasteiger partial charge < -0.3 is 35.5 Å². The Morgan fingerprint density at radius 2 is 0.727 bits per heavy atom. The van der Waals surface area contributed by atoms with Gasteiger partial charge in [0.1, 0.15) is 0 Å². The molecule has 0 aliphatic rings. The molecule has 0 heterocycles. The largest absolute Gasteiger partial charge is 2.00 e. The fourth-order valence-electron chi connectivity index (χ4n) is 0. The molecule has 11 heavy (non-hydrogen) atoms. The van der Waals surface area contributed by atoms with Crippen LogP contribution in [0.1, 0.15) is 0 Å². The molecule has 0 aliphatic carbocycles. The fourth-order valence-corrected chi connectivity index (χ4v) is 0. The number of rotatable bonds is 0. The van der Waals surface area contributed by atoms with E-state index in [1.165, 1.54) is 0 Å². The van der Waals surface area contributed by atoms with Gasteiger partial charge in [-0.15, -0.1) is 0 Å². The summed E-state index contributed by atoms with van der Waals surface area (Å²) in [5.41, 5.74) is 0. The van der Waals surface area contributed by atoms with Gasteiger partial charge in [0.15, 0.2) is 0 Å². The van der Waals surface area contributed by atoms with Crippen LogP contribution < -0.4 is 20.4 Å². The maximum atomic E-state index is 8.33. The van der Waals surface area contributed by atoms with E-state index in [0.29, 0.717) is 0 Å². The van der Waals surface area contributed by atoms with Gasteiger partial charge >= 0.3 is 97.8 Å². The van der Waals surface area contributed by atoms with Crippen molar-refractivity contribution in [3.63, 3.8) is 0 Å². The molecular weight excluding hydrogens is 411 g/mol. The Hall–Kier alpha value is 1.64. The Morgan fingerprint density at radius 1 is 0.727 bits per heavy atom. The van der Waals surface area contributed by atoms with Crippen molar-refractivity contribution in [2.45, 2.75) is 0 Å². The quantitative estimate of drug-likeness (QED) is 0.360. The van der Waals surface area contributed by atoms with Gasteiger partial charge in [-0.05, 0) is 12.3 Å². The second kappa shape index (κ2) is 22.6. The fraction of sp³-hybridized carbons (Fsp3) is 0. The molecular formula is C2H2Ba2O7. The van der Waals surface area contributed by atoms with E-state index in [9.17, 15) is 0 Å². The van der Waals surface area contributed by atoms with Crippen LogP contribution >= 0.6 is 0 Å². The van der Waals surface area contributed by atoms with E-state index in [1.54, 1.807) is 0 Å². The zero-order chi connectivity index (χ0) is 7.15. The van der Waals surface area contributed by atoms with Gasteiger partial charge in [0.05, 0.1) is 0 Å². The SMILES string of the molecule is O.O=C([O-])[O-].O=C([O-])[O-].[Ba+2].[Ba+2]. The molecule has 56 valence electrons. The average Bonchev–Trinajstić information content (AvgIpc) is 1.25. The van der Waals surface area contributed by atoms with Crippen LogP contribution in [0, 0.1) is 0 Å². The predicted octanol–water partition coefficient (Wildman–Crippen LogP) is -6.48.